The van der Waals surface area contributed by atoms with Crippen LogP contribution in [-0.2, 0) is 16.0 Å². The number of hydrogen-bond acceptors (Lipinski definition) is 6. The fraction of sp³-hybridized carbons (Fsp3) is 0.227. The summed E-state index contributed by atoms with van der Waals surface area (Å²) in [6.45, 7) is 3.70. The Morgan fingerprint density at radius 1 is 1.17 bits per heavy atom. The number of nitrogens with zero attached hydrogens (tertiary/aromatic N) is 2. The number of benzene rings is 2. The number of esters is 1. The lowest BCUT2D eigenvalue weighted by Gasteiger charge is -2.12. The topological polar surface area (TPSA) is 87.3 Å². The van der Waals surface area contributed by atoms with Crippen LogP contribution in [-0.4, -0.2) is 29.7 Å². The summed E-state index contributed by atoms with van der Waals surface area (Å²) in [6, 6.07) is 8.97. The number of nitrogen functional groups attached to an aromatic ring is 1. The Kier molecular flexibility index (Phi) is 6.80. The molecule has 2 N–H and O–H groups in total. The molecule has 0 amide bonds. The third-order valence-electron chi connectivity index (χ3n) is 4.47. The van der Waals surface area contributed by atoms with Gasteiger partial charge in [0.1, 0.15) is 5.75 Å². The molecule has 3 aromatic rings. The minimum absolute atomic E-state index is 0.293. The number of fused-ring (bicyclic) bond motifs is 1. The van der Waals surface area contributed by atoms with Crippen molar-refractivity contribution in [3.8, 4) is 5.75 Å². The highest BCUT2D eigenvalue weighted by Gasteiger charge is 2.15. The summed E-state index contributed by atoms with van der Waals surface area (Å²) in [4.78, 5) is 21.1. The number of halogens is 2. The van der Waals surface area contributed by atoms with Gasteiger partial charge in [0.2, 0.25) is 0 Å². The van der Waals surface area contributed by atoms with E-state index in [9.17, 15) is 4.79 Å². The lowest BCUT2D eigenvalue weighted by molar-refractivity contribution is -0.138. The Hall–Kier alpha value is -2.83. The van der Waals surface area contributed by atoms with Gasteiger partial charge in [0.15, 0.2) is 5.82 Å². The van der Waals surface area contributed by atoms with Crippen LogP contribution in [0.4, 0.5) is 5.69 Å². The van der Waals surface area contributed by atoms with Gasteiger partial charge in [-0.25, -0.2) is 14.8 Å². The summed E-state index contributed by atoms with van der Waals surface area (Å²) >= 11 is 12.5. The summed E-state index contributed by atoms with van der Waals surface area (Å²) in [7, 11) is 1.56. The Labute approximate surface area is 184 Å². The zero-order valence-electron chi connectivity index (χ0n) is 16.8. The fourth-order valence-electron chi connectivity index (χ4n) is 3.02. The molecule has 0 aliphatic heterocycles. The zero-order valence-corrected chi connectivity index (χ0v) is 18.3. The molecule has 0 spiro atoms. The Balaban J connectivity index is 2.12. The average Bonchev–Trinajstić information content (AvgIpc) is 2.71. The first-order valence-electron chi connectivity index (χ1n) is 9.26. The van der Waals surface area contributed by atoms with Crippen molar-refractivity contribution < 1.29 is 14.3 Å². The van der Waals surface area contributed by atoms with Crippen molar-refractivity contribution >= 4 is 51.8 Å². The Morgan fingerprint density at radius 3 is 2.60 bits per heavy atom. The van der Waals surface area contributed by atoms with E-state index in [0.717, 1.165) is 5.56 Å². The summed E-state index contributed by atoms with van der Waals surface area (Å²) in [5, 5.41) is 1.59. The molecule has 0 aliphatic rings. The van der Waals surface area contributed by atoms with Gasteiger partial charge >= 0.3 is 5.97 Å². The maximum Gasteiger partial charge on any atom is 0.333 e. The van der Waals surface area contributed by atoms with Crippen LogP contribution in [0.15, 0.2) is 35.9 Å². The normalized spacial score (nSPS) is 11.6. The van der Waals surface area contributed by atoms with Crippen molar-refractivity contribution in [2.75, 3.05) is 19.5 Å². The lowest BCUT2D eigenvalue weighted by atomic mass is 10.0. The van der Waals surface area contributed by atoms with Crippen LogP contribution in [0.3, 0.4) is 0 Å². The summed E-state index contributed by atoms with van der Waals surface area (Å²) in [5.41, 5.74) is 9.26. The first kappa shape index (κ1) is 21.9. The monoisotopic (exact) mass is 445 g/mol. The van der Waals surface area contributed by atoms with E-state index in [4.69, 9.17) is 38.4 Å². The van der Waals surface area contributed by atoms with Crippen molar-refractivity contribution in [1.82, 2.24) is 9.97 Å². The highest BCUT2D eigenvalue weighted by atomic mass is 35.5. The number of anilines is 1. The number of rotatable bonds is 6. The van der Waals surface area contributed by atoms with Crippen LogP contribution in [0, 0.1) is 0 Å². The van der Waals surface area contributed by atoms with Crippen LogP contribution < -0.4 is 10.5 Å². The van der Waals surface area contributed by atoms with Gasteiger partial charge in [-0.2, -0.15) is 0 Å². The predicted molar refractivity (Wildman–Crippen MR) is 120 cm³/mol. The van der Waals surface area contributed by atoms with Crippen LogP contribution in [0.25, 0.3) is 17.0 Å². The maximum atomic E-state index is 12.0. The van der Waals surface area contributed by atoms with Crippen LogP contribution in [0.5, 0.6) is 5.75 Å². The molecule has 1 aromatic heterocycles. The smallest absolute Gasteiger partial charge is 0.333 e. The molecule has 0 aliphatic carbocycles. The van der Waals surface area contributed by atoms with Crippen LogP contribution >= 0.6 is 23.2 Å². The SMILES string of the molecule is CCOC(=O)C(C)=Cc1nc(Cc2ccc(OC)c(Cl)c2)c2c(N)c(Cl)ccc2n1. The van der Waals surface area contributed by atoms with E-state index in [1.165, 1.54) is 0 Å². The first-order valence-corrected chi connectivity index (χ1v) is 10.0. The molecule has 3 rings (SSSR count). The molecule has 30 heavy (non-hydrogen) atoms. The van der Waals surface area contributed by atoms with Crippen molar-refractivity contribution in [1.29, 1.82) is 0 Å². The van der Waals surface area contributed by atoms with E-state index in [-0.39, 0.29) is 0 Å². The fourth-order valence-corrected chi connectivity index (χ4v) is 3.46. The molecule has 0 saturated heterocycles. The molecule has 0 bridgehead atoms. The van der Waals surface area contributed by atoms with Crippen LogP contribution in [0.2, 0.25) is 10.0 Å². The van der Waals surface area contributed by atoms with Gasteiger partial charge in [-0.1, -0.05) is 29.3 Å². The molecule has 8 heteroatoms. The number of hydrogen-bond donors (Lipinski definition) is 1. The van der Waals surface area contributed by atoms with Gasteiger partial charge in [0.25, 0.3) is 0 Å². The molecule has 0 unspecified atom stereocenters. The van der Waals surface area contributed by atoms with Crippen molar-refractivity contribution in [3.63, 3.8) is 0 Å². The molecule has 0 fully saturated rings. The second kappa shape index (κ2) is 9.32. The first-order chi connectivity index (χ1) is 14.3. The van der Waals surface area contributed by atoms with Gasteiger partial charge in [-0.05, 0) is 49.8 Å². The van der Waals surface area contributed by atoms with E-state index < -0.39 is 5.97 Å². The average molecular weight is 446 g/mol. The number of nitrogens with two attached hydrogens (primary N) is 1. The minimum Gasteiger partial charge on any atom is -0.495 e. The van der Waals surface area contributed by atoms with E-state index in [1.807, 2.05) is 12.1 Å². The molecular formula is C22H21Cl2N3O3. The largest absolute Gasteiger partial charge is 0.495 e. The quantitative estimate of drug-likeness (QED) is 0.323. The van der Waals surface area contributed by atoms with Crippen molar-refractivity contribution in [2.45, 2.75) is 20.3 Å². The van der Waals surface area contributed by atoms with E-state index in [0.29, 0.717) is 62.5 Å². The highest BCUT2D eigenvalue weighted by molar-refractivity contribution is 6.34. The molecule has 1 heterocycles. The second-order valence-corrected chi connectivity index (χ2v) is 7.39. The van der Waals surface area contributed by atoms with Crippen molar-refractivity contribution in [2.24, 2.45) is 0 Å². The maximum absolute atomic E-state index is 12.0. The summed E-state index contributed by atoms with van der Waals surface area (Å²) < 4.78 is 10.2. The number of carbonyl (C=O) groups is 1. The van der Waals surface area contributed by atoms with Crippen LogP contribution in [0.1, 0.15) is 30.9 Å². The van der Waals surface area contributed by atoms with E-state index >= 15 is 0 Å². The third kappa shape index (κ3) is 4.66. The van der Waals surface area contributed by atoms with Gasteiger partial charge in [-0.3, -0.25) is 0 Å². The van der Waals surface area contributed by atoms with Gasteiger partial charge < -0.3 is 15.2 Å². The van der Waals surface area contributed by atoms with Crippen molar-refractivity contribution in [3.05, 3.63) is 63.0 Å². The summed E-state index contributed by atoms with van der Waals surface area (Å²) in [6.07, 6.45) is 2.03. The van der Waals surface area contributed by atoms with Gasteiger partial charge in [-0.15, -0.1) is 0 Å². The number of aromatic nitrogens is 2. The molecule has 156 valence electrons. The van der Waals surface area contributed by atoms with E-state index in [2.05, 4.69) is 9.97 Å². The number of ether oxygens (including phenoxy) is 2. The highest BCUT2D eigenvalue weighted by Crippen LogP contribution is 2.32. The number of carbonyl (C=O) groups excluding carboxylic acids is 1. The minimum atomic E-state index is -0.416. The lowest BCUT2D eigenvalue weighted by Crippen LogP contribution is -2.06. The second-order valence-electron chi connectivity index (χ2n) is 6.58. The van der Waals surface area contributed by atoms with Gasteiger partial charge in [0.05, 0.1) is 40.7 Å². The third-order valence-corrected chi connectivity index (χ3v) is 5.10. The zero-order chi connectivity index (χ0) is 21.8. The molecular weight excluding hydrogens is 425 g/mol. The molecule has 6 nitrogen and oxygen atoms in total. The molecule has 2 aromatic carbocycles. The standard InChI is InChI=1S/C22H21Cl2N3O3/c1-4-30-22(28)12(2)9-19-26-16-7-6-14(23)21(25)20(16)17(27-19)11-13-5-8-18(29-3)15(24)10-13/h5-10H,4,11,25H2,1-3H3. The summed E-state index contributed by atoms with van der Waals surface area (Å²) in [5.74, 6) is 0.550. The predicted octanol–water partition coefficient (Wildman–Crippen LogP) is 5.08. The number of methoxy groups -OCH3 is 1. The van der Waals surface area contributed by atoms with Gasteiger partial charge in [0, 0.05) is 17.4 Å². The Bertz CT molecular complexity index is 1150. The van der Waals surface area contributed by atoms with E-state index in [1.54, 1.807) is 45.2 Å². The Morgan fingerprint density at radius 2 is 1.93 bits per heavy atom. The molecule has 0 atom stereocenters. The molecule has 0 saturated carbocycles. The molecule has 0 radical (unpaired) electrons.